The lowest BCUT2D eigenvalue weighted by atomic mass is 10.0. The number of ether oxygens (including phenoxy) is 4. The molecule has 1 amide bonds. The van der Waals surface area contributed by atoms with Gasteiger partial charge >= 0.3 is 0 Å². The van der Waals surface area contributed by atoms with Crippen LogP contribution in [0.2, 0.25) is 0 Å². The van der Waals surface area contributed by atoms with E-state index < -0.39 is 17.2 Å². The molecule has 0 bridgehead atoms. The van der Waals surface area contributed by atoms with Crippen molar-refractivity contribution in [3.63, 3.8) is 0 Å². The lowest BCUT2D eigenvalue weighted by molar-refractivity contribution is -0.138. The fourth-order valence-corrected chi connectivity index (χ4v) is 4.71. The van der Waals surface area contributed by atoms with Crippen molar-refractivity contribution in [3.8, 4) is 17.2 Å². The number of β-amino-alcohol motifs (C(OH)–C–C–N with tert-alkyl or cyclic N) is 1. The van der Waals surface area contributed by atoms with Gasteiger partial charge in [-0.05, 0) is 42.3 Å². The quantitative estimate of drug-likeness (QED) is 0.353. The normalized spacial score (nSPS) is 17.8. The van der Waals surface area contributed by atoms with E-state index in [1.165, 1.54) is 18.1 Å². The standard InChI is InChI=1S/C29H36F2N4O6/c1-21-14-32-35(15-21)10-11-40-27-12-22(4-7-26(27)39-3)16-33-8-9-34(28(36)17-38-2)19-29(37,18-33)20-41-23-5-6-24(30)25(31)13-23/h4-7,12-15,37H,8-11,16-20H2,1-3H3/t29-/m1/s1. The number of aliphatic hydroxyl groups is 1. The summed E-state index contributed by atoms with van der Waals surface area (Å²) in [6, 6.07) is 8.81. The molecule has 3 aromatic rings. The highest BCUT2D eigenvalue weighted by Crippen LogP contribution is 2.29. The maximum atomic E-state index is 13.7. The van der Waals surface area contributed by atoms with Gasteiger partial charge in [0.25, 0.3) is 0 Å². The summed E-state index contributed by atoms with van der Waals surface area (Å²) < 4.78 is 51.0. The lowest BCUT2D eigenvalue weighted by Crippen LogP contribution is -2.52. The molecule has 1 saturated heterocycles. The summed E-state index contributed by atoms with van der Waals surface area (Å²) in [6.07, 6.45) is 3.73. The molecular weight excluding hydrogens is 538 g/mol. The van der Waals surface area contributed by atoms with E-state index in [9.17, 15) is 18.7 Å². The number of aryl methyl sites for hydroxylation is 1. The molecule has 1 atom stereocenters. The molecule has 2 heterocycles. The van der Waals surface area contributed by atoms with Crippen LogP contribution in [0.1, 0.15) is 11.1 Å². The molecule has 4 rings (SSSR count). The van der Waals surface area contributed by atoms with Gasteiger partial charge in [-0.25, -0.2) is 8.78 Å². The Morgan fingerprint density at radius 3 is 2.59 bits per heavy atom. The third kappa shape index (κ3) is 8.38. The number of hydrogen-bond acceptors (Lipinski definition) is 8. The van der Waals surface area contributed by atoms with E-state index in [4.69, 9.17) is 18.9 Å². The fourth-order valence-electron chi connectivity index (χ4n) is 4.71. The van der Waals surface area contributed by atoms with Crippen molar-refractivity contribution in [2.24, 2.45) is 0 Å². The predicted molar refractivity (Wildman–Crippen MR) is 146 cm³/mol. The fraction of sp³-hybridized carbons (Fsp3) is 0.448. The summed E-state index contributed by atoms with van der Waals surface area (Å²) in [5.74, 6) is -1.07. The molecule has 1 aromatic heterocycles. The number of carbonyl (C=O) groups excluding carboxylic acids is 1. The van der Waals surface area contributed by atoms with Crippen LogP contribution in [0, 0.1) is 18.6 Å². The number of halogens is 2. The first-order valence-corrected chi connectivity index (χ1v) is 13.3. The van der Waals surface area contributed by atoms with Gasteiger partial charge < -0.3 is 29.0 Å². The smallest absolute Gasteiger partial charge is 0.248 e. The van der Waals surface area contributed by atoms with Gasteiger partial charge in [0.2, 0.25) is 5.91 Å². The van der Waals surface area contributed by atoms with Crippen LogP contribution >= 0.6 is 0 Å². The van der Waals surface area contributed by atoms with Crippen molar-refractivity contribution in [2.75, 3.05) is 60.2 Å². The lowest BCUT2D eigenvalue weighted by Gasteiger charge is -2.33. The molecule has 2 aromatic carbocycles. The largest absolute Gasteiger partial charge is 0.493 e. The maximum Gasteiger partial charge on any atom is 0.248 e. The van der Waals surface area contributed by atoms with E-state index in [1.54, 1.807) is 13.3 Å². The van der Waals surface area contributed by atoms with Crippen LogP contribution in [0.15, 0.2) is 48.8 Å². The molecule has 1 aliphatic rings. The van der Waals surface area contributed by atoms with Gasteiger partial charge in [0.05, 0.1) is 26.4 Å². The summed E-state index contributed by atoms with van der Waals surface area (Å²) in [6.45, 7) is 4.00. The average molecular weight is 575 g/mol. The monoisotopic (exact) mass is 574 g/mol. The van der Waals surface area contributed by atoms with Crippen molar-refractivity contribution in [1.82, 2.24) is 19.6 Å². The number of benzene rings is 2. The molecule has 12 heteroatoms. The Kier molecular flexibility index (Phi) is 10.1. The third-order valence-electron chi connectivity index (χ3n) is 6.68. The Labute approximate surface area is 238 Å². The Bertz CT molecular complexity index is 1320. The number of methoxy groups -OCH3 is 2. The number of carbonyl (C=O) groups is 1. The molecule has 222 valence electrons. The molecule has 0 spiro atoms. The Morgan fingerprint density at radius 1 is 1.05 bits per heavy atom. The van der Waals surface area contributed by atoms with E-state index in [2.05, 4.69) is 5.10 Å². The Hall–Kier alpha value is -3.74. The summed E-state index contributed by atoms with van der Waals surface area (Å²) >= 11 is 0. The number of nitrogens with zero attached hydrogens (tertiary/aromatic N) is 4. The summed E-state index contributed by atoms with van der Waals surface area (Å²) in [5, 5.41) is 15.9. The van der Waals surface area contributed by atoms with Crippen LogP contribution in [-0.2, 0) is 22.6 Å². The van der Waals surface area contributed by atoms with Gasteiger partial charge in [-0.2, -0.15) is 5.10 Å². The summed E-state index contributed by atoms with van der Waals surface area (Å²) in [5.41, 5.74) is 0.481. The second kappa shape index (κ2) is 13.7. The van der Waals surface area contributed by atoms with Crippen molar-refractivity contribution >= 4 is 5.91 Å². The van der Waals surface area contributed by atoms with Crippen LogP contribution in [0.3, 0.4) is 0 Å². The molecular formula is C29H36F2N4O6. The molecule has 0 radical (unpaired) electrons. The van der Waals surface area contributed by atoms with Gasteiger partial charge in [-0.1, -0.05) is 6.07 Å². The van der Waals surface area contributed by atoms with Crippen LogP contribution in [0.5, 0.6) is 17.2 Å². The highest BCUT2D eigenvalue weighted by atomic mass is 19.2. The molecule has 0 aliphatic carbocycles. The molecule has 0 unspecified atom stereocenters. The van der Waals surface area contributed by atoms with Crippen molar-refractivity contribution in [2.45, 2.75) is 25.6 Å². The van der Waals surface area contributed by atoms with E-state index in [-0.39, 0.29) is 38.0 Å². The van der Waals surface area contributed by atoms with Crippen molar-refractivity contribution in [1.29, 1.82) is 0 Å². The highest BCUT2D eigenvalue weighted by Gasteiger charge is 2.37. The second-order valence-electron chi connectivity index (χ2n) is 10.2. The van der Waals surface area contributed by atoms with Crippen LogP contribution < -0.4 is 14.2 Å². The third-order valence-corrected chi connectivity index (χ3v) is 6.68. The first-order chi connectivity index (χ1) is 19.7. The van der Waals surface area contributed by atoms with Gasteiger partial charge in [0.15, 0.2) is 23.1 Å². The zero-order valence-corrected chi connectivity index (χ0v) is 23.5. The van der Waals surface area contributed by atoms with Gasteiger partial charge in [-0.3, -0.25) is 14.4 Å². The minimum absolute atomic E-state index is 0.0146. The molecule has 41 heavy (non-hydrogen) atoms. The first kappa shape index (κ1) is 30.2. The zero-order valence-electron chi connectivity index (χ0n) is 23.5. The number of aromatic nitrogens is 2. The molecule has 1 N–H and O–H groups in total. The Balaban J connectivity index is 1.47. The van der Waals surface area contributed by atoms with Gasteiger partial charge in [0, 0.05) is 45.6 Å². The number of hydrogen-bond donors (Lipinski definition) is 1. The van der Waals surface area contributed by atoms with Crippen molar-refractivity contribution in [3.05, 3.63) is 71.6 Å². The van der Waals surface area contributed by atoms with E-state index >= 15 is 0 Å². The average Bonchev–Trinajstić information content (AvgIpc) is 3.28. The second-order valence-corrected chi connectivity index (χ2v) is 10.2. The SMILES string of the molecule is COCC(=O)N1CCN(Cc2ccc(OC)c(OCCn3cc(C)cn3)c2)C[C@](O)(COc2ccc(F)c(F)c2)C1. The highest BCUT2D eigenvalue weighted by molar-refractivity contribution is 5.77. The minimum Gasteiger partial charge on any atom is -0.493 e. The number of amides is 1. The van der Waals surface area contributed by atoms with Crippen molar-refractivity contribution < 1.29 is 37.6 Å². The zero-order chi connectivity index (χ0) is 29.4. The summed E-state index contributed by atoms with van der Waals surface area (Å²) in [4.78, 5) is 16.2. The molecule has 1 aliphatic heterocycles. The molecule has 0 saturated carbocycles. The minimum atomic E-state index is -1.50. The maximum absolute atomic E-state index is 13.7. The van der Waals surface area contributed by atoms with E-state index in [0.717, 1.165) is 23.3 Å². The predicted octanol–water partition coefficient (Wildman–Crippen LogP) is 2.66. The van der Waals surface area contributed by atoms with E-state index in [1.807, 2.05) is 40.9 Å². The molecule has 10 nitrogen and oxygen atoms in total. The van der Waals surface area contributed by atoms with E-state index in [0.29, 0.717) is 44.3 Å². The molecule has 1 fully saturated rings. The van der Waals surface area contributed by atoms with Crippen LogP contribution in [0.4, 0.5) is 8.78 Å². The van der Waals surface area contributed by atoms with Crippen LogP contribution in [0.25, 0.3) is 0 Å². The Morgan fingerprint density at radius 2 is 1.88 bits per heavy atom. The van der Waals surface area contributed by atoms with Crippen LogP contribution in [-0.4, -0.2) is 96.4 Å². The van der Waals surface area contributed by atoms with Gasteiger partial charge in [0.1, 0.15) is 31.2 Å². The van der Waals surface area contributed by atoms with Gasteiger partial charge in [-0.15, -0.1) is 0 Å². The topological polar surface area (TPSA) is 98.5 Å². The number of rotatable bonds is 12. The first-order valence-electron chi connectivity index (χ1n) is 13.3. The summed E-state index contributed by atoms with van der Waals surface area (Å²) in [7, 11) is 3.01.